The molecule has 0 amide bonds. The fraction of sp³-hybridized carbons (Fsp3) is 0.350. The van der Waals surface area contributed by atoms with Gasteiger partial charge in [0.15, 0.2) is 5.54 Å². The van der Waals surface area contributed by atoms with E-state index in [1.165, 1.54) is 0 Å². The van der Waals surface area contributed by atoms with E-state index in [1.54, 1.807) is 0 Å². The van der Waals surface area contributed by atoms with Crippen LogP contribution in [0, 0.1) is 0 Å². The van der Waals surface area contributed by atoms with Crippen molar-refractivity contribution in [3.63, 3.8) is 0 Å². The highest BCUT2D eigenvalue weighted by molar-refractivity contribution is 6.71. The summed E-state index contributed by atoms with van der Waals surface area (Å²) < 4.78 is 5.99. The molecule has 1 aliphatic rings. The number of anilines is 1. The molecule has 0 saturated carbocycles. The molecular formula is C20H25NO2Si. The van der Waals surface area contributed by atoms with Crippen LogP contribution in [0.1, 0.15) is 18.4 Å². The van der Waals surface area contributed by atoms with Gasteiger partial charge in [-0.15, -0.1) is 0 Å². The topological polar surface area (TPSA) is 29.5 Å². The van der Waals surface area contributed by atoms with Crippen molar-refractivity contribution >= 4 is 20.0 Å². The summed E-state index contributed by atoms with van der Waals surface area (Å²) in [6, 6.07) is 20.3. The second-order valence-corrected chi connectivity index (χ2v) is 11.7. The first-order valence-corrected chi connectivity index (χ1v) is 12.0. The van der Waals surface area contributed by atoms with Gasteiger partial charge in [-0.25, -0.2) is 0 Å². The molecule has 0 radical (unpaired) electrons. The number of benzene rings is 2. The third kappa shape index (κ3) is 3.11. The molecule has 0 unspecified atom stereocenters. The van der Waals surface area contributed by atoms with Crippen LogP contribution in [0.4, 0.5) is 5.69 Å². The molecule has 0 aromatic heterocycles. The summed E-state index contributed by atoms with van der Waals surface area (Å²) in [4.78, 5) is 15.6. The lowest BCUT2D eigenvalue weighted by atomic mass is 9.87. The van der Waals surface area contributed by atoms with Crippen molar-refractivity contribution in [2.24, 2.45) is 0 Å². The van der Waals surface area contributed by atoms with Crippen molar-refractivity contribution in [1.82, 2.24) is 0 Å². The molecule has 2 aromatic carbocycles. The van der Waals surface area contributed by atoms with Crippen molar-refractivity contribution < 1.29 is 9.22 Å². The van der Waals surface area contributed by atoms with E-state index in [9.17, 15) is 4.79 Å². The Kier molecular flexibility index (Phi) is 4.50. The molecule has 3 nitrogen and oxygen atoms in total. The Labute approximate surface area is 145 Å². The lowest BCUT2D eigenvalue weighted by Crippen LogP contribution is -2.51. The maximum absolute atomic E-state index is 13.3. The zero-order valence-electron chi connectivity index (χ0n) is 14.7. The Morgan fingerprint density at radius 3 is 2.17 bits per heavy atom. The quantitative estimate of drug-likeness (QED) is 0.765. The van der Waals surface area contributed by atoms with Gasteiger partial charge >= 0.3 is 5.97 Å². The summed E-state index contributed by atoms with van der Waals surface area (Å²) in [5.41, 5.74) is 1.38. The van der Waals surface area contributed by atoms with Gasteiger partial charge in [-0.2, -0.15) is 0 Å². The highest BCUT2D eigenvalue weighted by Crippen LogP contribution is 2.43. The van der Waals surface area contributed by atoms with Crippen LogP contribution >= 0.6 is 0 Å². The van der Waals surface area contributed by atoms with Crippen LogP contribution in [0.3, 0.4) is 0 Å². The largest absolute Gasteiger partial charge is 0.518 e. The Bertz CT molecular complexity index is 697. The fourth-order valence-corrected chi connectivity index (χ4v) is 4.21. The van der Waals surface area contributed by atoms with Crippen LogP contribution in [0.25, 0.3) is 0 Å². The zero-order chi connectivity index (χ0) is 17.2. The van der Waals surface area contributed by atoms with E-state index in [2.05, 4.69) is 36.7 Å². The molecule has 24 heavy (non-hydrogen) atoms. The molecule has 126 valence electrons. The molecule has 0 spiro atoms. The van der Waals surface area contributed by atoms with Crippen molar-refractivity contribution in [3.05, 3.63) is 66.2 Å². The molecule has 3 rings (SSSR count). The first kappa shape index (κ1) is 16.8. The normalized spacial score (nSPS) is 20.9. The molecular weight excluding hydrogens is 314 g/mol. The molecule has 0 bridgehead atoms. The van der Waals surface area contributed by atoms with E-state index in [0.29, 0.717) is 0 Å². The number of carbonyl (C=O) groups is 1. The smallest absolute Gasteiger partial charge is 0.323 e. The first-order chi connectivity index (χ1) is 11.4. The Balaban J connectivity index is 2.10. The number of para-hydroxylation sites is 1. The van der Waals surface area contributed by atoms with Crippen LogP contribution in [-0.4, -0.2) is 20.8 Å². The summed E-state index contributed by atoms with van der Waals surface area (Å²) in [7, 11) is -1.97. The van der Waals surface area contributed by atoms with Gasteiger partial charge in [-0.05, 0) is 50.2 Å². The van der Waals surface area contributed by atoms with E-state index in [-0.39, 0.29) is 5.97 Å². The van der Waals surface area contributed by atoms with Gasteiger partial charge < -0.3 is 9.33 Å². The molecule has 1 fully saturated rings. The van der Waals surface area contributed by atoms with Gasteiger partial charge in [0.05, 0.1) is 0 Å². The van der Waals surface area contributed by atoms with Crippen LogP contribution in [0.2, 0.25) is 19.6 Å². The minimum Gasteiger partial charge on any atom is -0.518 e. The number of carbonyl (C=O) groups excluding carboxylic acids is 1. The Morgan fingerprint density at radius 1 is 1.00 bits per heavy atom. The highest BCUT2D eigenvalue weighted by atomic mass is 28.4. The maximum atomic E-state index is 13.3. The van der Waals surface area contributed by atoms with Gasteiger partial charge in [0, 0.05) is 12.2 Å². The lowest BCUT2D eigenvalue weighted by Gasteiger charge is -2.40. The predicted octanol–water partition coefficient (Wildman–Crippen LogP) is 4.56. The van der Waals surface area contributed by atoms with Crippen LogP contribution in [0.15, 0.2) is 60.7 Å². The maximum Gasteiger partial charge on any atom is 0.323 e. The second-order valence-electron chi connectivity index (χ2n) is 7.32. The van der Waals surface area contributed by atoms with Gasteiger partial charge in [0.2, 0.25) is 8.32 Å². The van der Waals surface area contributed by atoms with Gasteiger partial charge in [0.25, 0.3) is 0 Å². The summed E-state index contributed by atoms with van der Waals surface area (Å²) in [5.74, 6) is -0.103. The highest BCUT2D eigenvalue weighted by Gasteiger charge is 2.51. The minimum atomic E-state index is -1.97. The SMILES string of the molecule is C[Si](C)(C)OC(=O)[C@]1(c2ccccc2)CCCN1c1ccccc1. The molecule has 1 aliphatic heterocycles. The first-order valence-electron chi connectivity index (χ1n) is 8.55. The number of rotatable bonds is 4. The van der Waals surface area contributed by atoms with Crippen molar-refractivity contribution in [3.8, 4) is 0 Å². The average molecular weight is 340 g/mol. The van der Waals surface area contributed by atoms with Crippen molar-refractivity contribution in [1.29, 1.82) is 0 Å². The molecule has 0 N–H and O–H groups in total. The van der Waals surface area contributed by atoms with E-state index >= 15 is 0 Å². The van der Waals surface area contributed by atoms with E-state index in [1.807, 2.05) is 48.5 Å². The summed E-state index contributed by atoms with van der Waals surface area (Å²) >= 11 is 0. The Morgan fingerprint density at radius 2 is 1.58 bits per heavy atom. The molecule has 1 saturated heterocycles. The minimum absolute atomic E-state index is 0.103. The van der Waals surface area contributed by atoms with Crippen LogP contribution in [0.5, 0.6) is 0 Å². The van der Waals surface area contributed by atoms with E-state index in [0.717, 1.165) is 30.6 Å². The fourth-order valence-electron chi connectivity index (χ4n) is 3.48. The average Bonchev–Trinajstić information content (AvgIpc) is 3.01. The molecule has 1 atom stereocenters. The summed E-state index contributed by atoms with van der Waals surface area (Å²) in [5, 5.41) is 0. The van der Waals surface area contributed by atoms with E-state index < -0.39 is 13.9 Å². The van der Waals surface area contributed by atoms with Crippen LogP contribution in [-0.2, 0) is 14.8 Å². The standard InChI is InChI=1S/C20H25NO2Si/c1-24(2,3)23-19(22)20(17-11-6-4-7-12-17)15-10-16-21(20)18-13-8-5-9-14-18/h4-9,11-14H,10,15-16H2,1-3H3/t20-/m1/s1. The van der Waals surface area contributed by atoms with Gasteiger partial charge in [-0.1, -0.05) is 48.5 Å². The molecule has 1 heterocycles. The molecule has 4 heteroatoms. The number of nitrogens with zero attached hydrogens (tertiary/aromatic N) is 1. The summed E-state index contributed by atoms with van der Waals surface area (Å²) in [6.45, 7) is 7.04. The van der Waals surface area contributed by atoms with Crippen molar-refractivity contribution in [2.75, 3.05) is 11.4 Å². The van der Waals surface area contributed by atoms with Gasteiger partial charge in [-0.3, -0.25) is 4.79 Å². The van der Waals surface area contributed by atoms with Crippen LogP contribution < -0.4 is 4.90 Å². The predicted molar refractivity (Wildman–Crippen MR) is 101 cm³/mol. The van der Waals surface area contributed by atoms with E-state index in [4.69, 9.17) is 4.43 Å². The molecule has 2 aromatic rings. The number of hydrogen-bond acceptors (Lipinski definition) is 3. The Hall–Kier alpha value is -2.07. The monoisotopic (exact) mass is 339 g/mol. The van der Waals surface area contributed by atoms with Gasteiger partial charge in [0.1, 0.15) is 0 Å². The third-order valence-electron chi connectivity index (χ3n) is 4.44. The molecule has 0 aliphatic carbocycles. The second kappa shape index (κ2) is 6.44. The summed E-state index contributed by atoms with van der Waals surface area (Å²) in [6.07, 6.45) is 1.76. The van der Waals surface area contributed by atoms with Crippen molar-refractivity contribution in [2.45, 2.75) is 38.0 Å². The lowest BCUT2D eigenvalue weighted by molar-refractivity contribution is -0.141. The number of hydrogen-bond donors (Lipinski definition) is 0. The third-order valence-corrected chi connectivity index (χ3v) is 5.23. The zero-order valence-corrected chi connectivity index (χ0v) is 15.7.